The van der Waals surface area contributed by atoms with Crippen LogP contribution in [0, 0.1) is 6.92 Å². The summed E-state index contributed by atoms with van der Waals surface area (Å²) in [4.78, 5) is 12.2. The monoisotopic (exact) mass is 280 g/mol. The van der Waals surface area contributed by atoms with Crippen molar-refractivity contribution in [1.82, 2.24) is 0 Å². The van der Waals surface area contributed by atoms with Crippen molar-refractivity contribution < 1.29 is 22.7 Å². The first-order valence-corrected chi connectivity index (χ1v) is 5.82. The third kappa shape index (κ3) is 3.60. The normalized spacial score (nSPS) is 11.2. The van der Waals surface area contributed by atoms with Gasteiger partial charge in [-0.2, -0.15) is 0 Å². The number of hydrogen-bond donors (Lipinski definition) is 0. The van der Waals surface area contributed by atoms with Crippen molar-refractivity contribution in [2.24, 2.45) is 0 Å². The first-order chi connectivity index (χ1) is 9.35. The summed E-state index contributed by atoms with van der Waals surface area (Å²) in [6, 6.07) is 11.9. The van der Waals surface area contributed by atoms with E-state index < -0.39 is 12.1 Å². The van der Waals surface area contributed by atoms with E-state index in [2.05, 4.69) is 4.74 Å². The molecule has 20 heavy (non-hydrogen) atoms. The fourth-order valence-corrected chi connectivity index (χ4v) is 1.79. The van der Waals surface area contributed by atoms with Crippen molar-refractivity contribution in [2.45, 2.75) is 13.3 Å². The molecule has 0 aliphatic carbocycles. The molecule has 104 valence electrons. The van der Waals surface area contributed by atoms with Crippen molar-refractivity contribution in [3.05, 3.63) is 65.2 Å². The average Bonchev–Trinajstić information content (AvgIpc) is 2.36. The van der Waals surface area contributed by atoms with Gasteiger partial charge in [0.2, 0.25) is 0 Å². The Bertz CT molecular complexity index is 633. The van der Waals surface area contributed by atoms with E-state index >= 15 is 0 Å². The van der Waals surface area contributed by atoms with Crippen LogP contribution in [0.25, 0.3) is 0 Å². The average molecular weight is 280 g/mol. The Morgan fingerprint density at radius 3 is 2.20 bits per heavy atom. The predicted molar refractivity (Wildman–Crippen MR) is 67.7 cm³/mol. The first kappa shape index (κ1) is 14.1. The lowest BCUT2D eigenvalue weighted by atomic mass is 10.0. The van der Waals surface area contributed by atoms with Gasteiger partial charge in [-0.25, -0.2) is 0 Å². The van der Waals surface area contributed by atoms with Gasteiger partial charge in [-0.15, -0.1) is 13.2 Å². The van der Waals surface area contributed by atoms with Gasteiger partial charge in [0, 0.05) is 11.1 Å². The summed E-state index contributed by atoms with van der Waals surface area (Å²) >= 11 is 0. The lowest BCUT2D eigenvalue weighted by molar-refractivity contribution is -0.274. The Kier molecular flexibility index (Phi) is 3.79. The quantitative estimate of drug-likeness (QED) is 0.790. The SMILES string of the molecule is Cc1cccc(C(=O)c2cccc(OC(F)(F)F)c2)c1. The van der Waals surface area contributed by atoms with E-state index in [0.29, 0.717) is 5.56 Å². The molecule has 0 saturated carbocycles. The van der Waals surface area contributed by atoms with Gasteiger partial charge in [-0.1, -0.05) is 35.9 Å². The van der Waals surface area contributed by atoms with Crippen molar-refractivity contribution >= 4 is 5.78 Å². The molecule has 2 rings (SSSR count). The Balaban J connectivity index is 2.29. The minimum atomic E-state index is -4.77. The van der Waals surface area contributed by atoms with Crippen LogP contribution in [0.15, 0.2) is 48.5 Å². The molecule has 2 aromatic carbocycles. The van der Waals surface area contributed by atoms with Gasteiger partial charge in [-0.3, -0.25) is 4.79 Å². The summed E-state index contributed by atoms with van der Waals surface area (Å²) in [5, 5.41) is 0. The number of hydrogen-bond acceptors (Lipinski definition) is 2. The first-order valence-electron chi connectivity index (χ1n) is 5.82. The molecular weight excluding hydrogens is 269 g/mol. The summed E-state index contributed by atoms with van der Waals surface area (Å²) in [6.07, 6.45) is -4.77. The molecular formula is C15H11F3O2. The maximum atomic E-state index is 12.2. The zero-order valence-corrected chi connectivity index (χ0v) is 10.6. The Labute approximate surface area is 113 Å². The fraction of sp³-hybridized carbons (Fsp3) is 0.133. The topological polar surface area (TPSA) is 26.3 Å². The Morgan fingerprint density at radius 2 is 1.60 bits per heavy atom. The largest absolute Gasteiger partial charge is 0.573 e. The van der Waals surface area contributed by atoms with Gasteiger partial charge < -0.3 is 4.74 Å². The third-order valence-electron chi connectivity index (χ3n) is 2.61. The summed E-state index contributed by atoms with van der Waals surface area (Å²) in [7, 11) is 0. The lowest BCUT2D eigenvalue weighted by Crippen LogP contribution is -2.17. The maximum Gasteiger partial charge on any atom is 0.573 e. The highest BCUT2D eigenvalue weighted by Gasteiger charge is 2.31. The second-order valence-corrected chi connectivity index (χ2v) is 4.27. The molecule has 0 aromatic heterocycles. The summed E-state index contributed by atoms with van der Waals surface area (Å²) in [5.74, 6) is -0.752. The molecule has 0 aliphatic heterocycles. The van der Waals surface area contributed by atoms with E-state index in [1.54, 1.807) is 18.2 Å². The van der Waals surface area contributed by atoms with Crippen LogP contribution in [0.5, 0.6) is 5.75 Å². The standard InChI is InChI=1S/C15H11F3O2/c1-10-4-2-5-11(8-10)14(19)12-6-3-7-13(9-12)20-15(16,17)18/h2-9H,1H3. The smallest absolute Gasteiger partial charge is 0.406 e. The summed E-state index contributed by atoms with van der Waals surface area (Å²) in [6.45, 7) is 1.83. The van der Waals surface area contributed by atoms with Gasteiger partial charge in [-0.05, 0) is 25.1 Å². The molecule has 0 N–H and O–H groups in total. The van der Waals surface area contributed by atoms with E-state index in [0.717, 1.165) is 17.7 Å². The Hall–Kier alpha value is -2.30. The number of aryl methyl sites for hydroxylation is 1. The lowest BCUT2D eigenvalue weighted by Gasteiger charge is -2.09. The molecule has 0 unspecified atom stereocenters. The molecule has 0 bridgehead atoms. The van der Waals surface area contributed by atoms with Crippen molar-refractivity contribution in [2.75, 3.05) is 0 Å². The highest BCUT2D eigenvalue weighted by atomic mass is 19.4. The van der Waals surface area contributed by atoms with E-state index in [9.17, 15) is 18.0 Å². The van der Waals surface area contributed by atoms with Gasteiger partial charge in [0.1, 0.15) is 5.75 Å². The molecule has 2 nitrogen and oxygen atoms in total. The molecule has 0 fully saturated rings. The number of halogens is 3. The van der Waals surface area contributed by atoms with Gasteiger partial charge in [0.25, 0.3) is 0 Å². The predicted octanol–water partition coefficient (Wildman–Crippen LogP) is 4.12. The number of carbonyl (C=O) groups excluding carboxylic acids is 1. The number of ketones is 1. The van der Waals surface area contributed by atoms with Crippen LogP contribution in [0.4, 0.5) is 13.2 Å². The Morgan fingerprint density at radius 1 is 1.00 bits per heavy atom. The molecule has 0 spiro atoms. The van der Waals surface area contributed by atoms with E-state index in [1.165, 1.54) is 12.1 Å². The van der Waals surface area contributed by atoms with Crippen LogP contribution in [0.2, 0.25) is 0 Å². The highest BCUT2D eigenvalue weighted by Crippen LogP contribution is 2.24. The zero-order valence-electron chi connectivity index (χ0n) is 10.6. The van der Waals surface area contributed by atoms with Gasteiger partial charge in [0.15, 0.2) is 5.78 Å². The summed E-state index contributed by atoms with van der Waals surface area (Å²) < 4.78 is 40.2. The van der Waals surface area contributed by atoms with Crippen LogP contribution in [-0.4, -0.2) is 12.1 Å². The molecule has 0 saturated heterocycles. The van der Waals surface area contributed by atoms with Crippen LogP contribution >= 0.6 is 0 Å². The molecule has 0 amide bonds. The molecule has 0 heterocycles. The molecule has 0 radical (unpaired) electrons. The van der Waals surface area contributed by atoms with Crippen LogP contribution in [0.3, 0.4) is 0 Å². The van der Waals surface area contributed by atoms with Crippen molar-refractivity contribution in [3.8, 4) is 5.75 Å². The maximum absolute atomic E-state index is 12.2. The second-order valence-electron chi connectivity index (χ2n) is 4.27. The highest BCUT2D eigenvalue weighted by molar-refractivity contribution is 6.09. The number of rotatable bonds is 3. The van der Waals surface area contributed by atoms with Gasteiger partial charge >= 0.3 is 6.36 Å². The van der Waals surface area contributed by atoms with Crippen molar-refractivity contribution in [3.63, 3.8) is 0 Å². The number of carbonyl (C=O) groups is 1. The van der Waals surface area contributed by atoms with Crippen LogP contribution < -0.4 is 4.74 Å². The molecule has 5 heteroatoms. The minimum absolute atomic E-state index is 0.150. The molecule has 2 aromatic rings. The van der Waals surface area contributed by atoms with Gasteiger partial charge in [0.05, 0.1) is 0 Å². The van der Waals surface area contributed by atoms with E-state index in [-0.39, 0.29) is 11.3 Å². The van der Waals surface area contributed by atoms with E-state index in [4.69, 9.17) is 0 Å². The minimum Gasteiger partial charge on any atom is -0.406 e. The second kappa shape index (κ2) is 5.36. The van der Waals surface area contributed by atoms with Crippen LogP contribution in [0.1, 0.15) is 21.5 Å². The third-order valence-corrected chi connectivity index (χ3v) is 2.61. The van der Waals surface area contributed by atoms with Crippen molar-refractivity contribution in [1.29, 1.82) is 0 Å². The van der Waals surface area contributed by atoms with Crippen LogP contribution in [-0.2, 0) is 0 Å². The van der Waals surface area contributed by atoms with E-state index in [1.807, 2.05) is 13.0 Å². The molecule has 0 aliphatic rings. The number of alkyl halides is 3. The summed E-state index contributed by atoms with van der Waals surface area (Å²) in [5.41, 5.74) is 1.48. The molecule has 0 atom stereocenters. The zero-order chi connectivity index (χ0) is 14.8. The fourth-order valence-electron chi connectivity index (χ4n) is 1.79. The number of ether oxygens (including phenoxy) is 1. The number of benzene rings is 2.